The van der Waals surface area contributed by atoms with Crippen LogP contribution in [0.4, 0.5) is 5.69 Å². The third kappa shape index (κ3) is 6.71. The van der Waals surface area contributed by atoms with Crippen molar-refractivity contribution in [1.82, 2.24) is 14.1 Å². The Hall–Kier alpha value is -3.63. The number of carbonyl (C=O) groups is 1. The first kappa shape index (κ1) is 26.0. The molecule has 0 aliphatic carbocycles. The van der Waals surface area contributed by atoms with Crippen molar-refractivity contribution in [2.24, 2.45) is 10.7 Å². The zero-order chi connectivity index (χ0) is 25.7. The highest BCUT2D eigenvalue weighted by atomic mass is 35.5. The molecule has 0 bridgehead atoms. The van der Waals surface area contributed by atoms with Crippen molar-refractivity contribution in [3.8, 4) is 5.75 Å². The minimum absolute atomic E-state index is 0.0104. The molecule has 186 valence electrons. The normalized spacial score (nSPS) is 12.7. The van der Waals surface area contributed by atoms with Gasteiger partial charge in [-0.15, -0.1) is 0 Å². The summed E-state index contributed by atoms with van der Waals surface area (Å²) < 4.78 is 7.99. The Morgan fingerprint density at radius 1 is 1.17 bits per heavy atom. The number of carboxylic acids is 1. The Balaban J connectivity index is 2.11. The van der Waals surface area contributed by atoms with E-state index in [2.05, 4.69) is 9.98 Å². The number of ether oxygens (including phenoxy) is 1. The van der Waals surface area contributed by atoms with Crippen LogP contribution in [-0.2, 0) is 17.9 Å². The van der Waals surface area contributed by atoms with E-state index in [4.69, 9.17) is 27.2 Å². The van der Waals surface area contributed by atoms with Gasteiger partial charge in [0, 0.05) is 11.6 Å². The molecule has 2 aromatic carbocycles. The number of hydrogen-bond donors (Lipinski definition) is 3. The number of H-pyrrole nitrogens is 1. The topological polar surface area (TPSA) is 145 Å². The fraction of sp³-hybridized carbons (Fsp3) is 0.333. The standard InChI is InChI=1S/C24H28ClN5O5/c1-14(2)35-20-9-8-18(12-15(20)3)27-22-28-23(33)29(11-10-19(26)21(31)32)24(34)30(22)13-16-4-6-17(25)7-5-16/h4-9,12,14,19H,10-11,13,26H2,1-3H3,(H,31,32)(H,27,28,33)/t19-/m0/s1. The van der Waals surface area contributed by atoms with Crippen molar-refractivity contribution in [3.63, 3.8) is 0 Å². The number of aryl methyl sites for hydroxylation is 1. The second-order valence-electron chi connectivity index (χ2n) is 8.36. The van der Waals surface area contributed by atoms with Crippen LogP contribution in [0.3, 0.4) is 0 Å². The summed E-state index contributed by atoms with van der Waals surface area (Å²) in [5.74, 6) is -0.498. The fourth-order valence-corrected chi connectivity index (χ4v) is 3.48. The molecule has 3 aromatic rings. The minimum atomic E-state index is -1.21. The minimum Gasteiger partial charge on any atom is -0.491 e. The van der Waals surface area contributed by atoms with Crippen LogP contribution in [0.2, 0.25) is 5.02 Å². The zero-order valence-electron chi connectivity index (χ0n) is 19.7. The molecule has 0 fully saturated rings. The number of hydrogen-bond acceptors (Lipinski definition) is 6. The van der Waals surface area contributed by atoms with Gasteiger partial charge in [0.05, 0.1) is 18.3 Å². The Morgan fingerprint density at radius 3 is 2.46 bits per heavy atom. The van der Waals surface area contributed by atoms with E-state index in [1.807, 2.05) is 20.8 Å². The maximum Gasteiger partial charge on any atom is 0.335 e. The number of aromatic amines is 1. The number of nitrogens with zero attached hydrogens (tertiary/aromatic N) is 3. The Labute approximate surface area is 206 Å². The monoisotopic (exact) mass is 501 g/mol. The number of nitrogens with one attached hydrogen (secondary N) is 1. The second kappa shape index (κ2) is 11.2. The zero-order valence-corrected chi connectivity index (χ0v) is 20.5. The van der Waals surface area contributed by atoms with E-state index in [1.165, 1.54) is 4.57 Å². The number of aromatic nitrogens is 3. The summed E-state index contributed by atoms with van der Waals surface area (Å²) in [4.78, 5) is 44.3. The molecule has 4 N–H and O–H groups in total. The molecule has 0 saturated carbocycles. The summed E-state index contributed by atoms with van der Waals surface area (Å²) in [5.41, 5.74) is 6.37. The fourth-order valence-electron chi connectivity index (χ4n) is 3.36. The van der Waals surface area contributed by atoms with Crippen molar-refractivity contribution in [2.45, 2.75) is 52.4 Å². The van der Waals surface area contributed by atoms with Gasteiger partial charge in [0.15, 0.2) is 0 Å². The number of rotatable bonds is 9. The molecule has 35 heavy (non-hydrogen) atoms. The average molecular weight is 502 g/mol. The van der Waals surface area contributed by atoms with Gasteiger partial charge in [0.1, 0.15) is 11.8 Å². The van der Waals surface area contributed by atoms with Crippen molar-refractivity contribution in [2.75, 3.05) is 0 Å². The Kier molecular flexibility index (Phi) is 8.31. The molecule has 0 saturated heterocycles. The first-order valence-electron chi connectivity index (χ1n) is 11.0. The lowest BCUT2D eigenvalue weighted by Crippen LogP contribution is -2.50. The lowest BCUT2D eigenvalue weighted by Gasteiger charge is -2.13. The van der Waals surface area contributed by atoms with Crippen LogP contribution in [0.25, 0.3) is 0 Å². The van der Waals surface area contributed by atoms with E-state index in [1.54, 1.807) is 42.5 Å². The van der Waals surface area contributed by atoms with Gasteiger partial charge in [-0.2, -0.15) is 0 Å². The largest absolute Gasteiger partial charge is 0.491 e. The van der Waals surface area contributed by atoms with Crippen molar-refractivity contribution >= 4 is 23.3 Å². The average Bonchev–Trinajstić information content (AvgIpc) is 2.78. The van der Waals surface area contributed by atoms with E-state index >= 15 is 0 Å². The molecular weight excluding hydrogens is 474 g/mol. The van der Waals surface area contributed by atoms with Crippen LogP contribution >= 0.6 is 11.6 Å². The predicted octanol–water partition coefficient (Wildman–Crippen LogP) is 2.17. The Morgan fingerprint density at radius 2 is 1.86 bits per heavy atom. The van der Waals surface area contributed by atoms with Gasteiger partial charge in [-0.3, -0.25) is 14.3 Å². The Bertz CT molecular complexity index is 1390. The predicted molar refractivity (Wildman–Crippen MR) is 132 cm³/mol. The summed E-state index contributed by atoms with van der Waals surface area (Å²) in [6, 6.07) is 11.0. The molecule has 11 heteroatoms. The van der Waals surface area contributed by atoms with Gasteiger partial charge < -0.3 is 15.6 Å². The van der Waals surface area contributed by atoms with Crippen LogP contribution in [0.15, 0.2) is 57.0 Å². The van der Waals surface area contributed by atoms with Crippen LogP contribution in [0.5, 0.6) is 5.75 Å². The van der Waals surface area contributed by atoms with Gasteiger partial charge in [0.2, 0.25) is 5.62 Å². The molecule has 10 nitrogen and oxygen atoms in total. The molecule has 1 aromatic heterocycles. The number of carboxylic acid groups (broad SMARTS) is 1. The van der Waals surface area contributed by atoms with Gasteiger partial charge >= 0.3 is 17.3 Å². The van der Waals surface area contributed by atoms with Crippen molar-refractivity contribution in [1.29, 1.82) is 0 Å². The summed E-state index contributed by atoms with van der Waals surface area (Å²) >= 11 is 5.98. The van der Waals surface area contributed by atoms with Crippen LogP contribution in [0.1, 0.15) is 31.4 Å². The van der Waals surface area contributed by atoms with Crippen LogP contribution < -0.4 is 27.5 Å². The molecule has 0 unspecified atom stereocenters. The van der Waals surface area contributed by atoms with Gasteiger partial charge in [-0.05, 0) is 68.7 Å². The van der Waals surface area contributed by atoms with Gasteiger partial charge in [-0.25, -0.2) is 19.1 Å². The molecule has 3 rings (SSSR count). The number of nitrogens with two attached hydrogens (primary N) is 1. The third-order valence-electron chi connectivity index (χ3n) is 5.17. The van der Waals surface area contributed by atoms with E-state index in [-0.39, 0.29) is 31.2 Å². The SMILES string of the molecule is Cc1cc(/N=c2\[nH]c(=O)n(CC[C@H](N)C(=O)O)c(=O)n2Cc2ccc(Cl)cc2)ccc1OC(C)C. The first-order chi connectivity index (χ1) is 16.5. The van der Waals surface area contributed by atoms with Crippen LogP contribution in [-0.4, -0.2) is 37.3 Å². The van der Waals surface area contributed by atoms with E-state index < -0.39 is 23.4 Å². The van der Waals surface area contributed by atoms with E-state index in [0.29, 0.717) is 16.5 Å². The smallest absolute Gasteiger partial charge is 0.335 e. The number of benzene rings is 2. The molecular formula is C24H28ClN5O5. The lowest BCUT2D eigenvalue weighted by molar-refractivity contribution is -0.138. The lowest BCUT2D eigenvalue weighted by atomic mass is 10.2. The summed E-state index contributed by atoms with van der Waals surface area (Å²) in [5, 5.41) is 9.58. The third-order valence-corrected chi connectivity index (χ3v) is 5.42. The summed E-state index contributed by atoms with van der Waals surface area (Å²) in [7, 11) is 0. The molecule has 0 amide bonds. The van der Waals surface area contributed by atoms with E-state index in [0.717, 1.165) is 15.7 Å². The maximum absolute atomic E-state index is 13.3. The number of halogens is 1. The van der Waals surface area contributed by atoms with Crippen LogP contribution in [0, 0.1) is 6.92 Å². The second-order valence-corrected chi connectivity index (χ2v) is 8.80. The molecule has 0 spiro atoms. The van der Waals surface area contributed by atoms with Crippen molar-refractivity contribution in [3.05, 3.63) is 85.2 Å². The molecule has 1 atom stereocenters. The molecule has 1 heterocycles. The molecule has 0 radical (unpaired) electrons. The first-order valence-corrected chi connectivity index (χ1v) is 11.4. The highest BCUT2D eigenvalue weighted by Crippen LogP contribution is 2.24. The summed E-state index contributed by atoms with van der Waals surface area (Å²) in [6.45, 7) is 5.68. The van der Waals surface area contributed by atoms with Crippen molar-refractivity contribution < 1.29 is 14.6 Å². The maximum atomic E-state index is 13.3. The highest BCUT2D eigenvalue weighted by molar-refractivity contribution is 6.30. The molecule has 0 aliphatic rings. The van der Waals surface area contributed by atoms with Gasteiger partial charge in [0.25, 0.3) is 0 Å². The number of aliphatic carboxylic acids is 1. The quantitative estimate of drug-likeness (QED) is 0.409. The van der Waals surface area contributed by atoms with Gasteiger partial charge in [-0.1, -0.05) is 23.7 Å². The highest BCUT2D eigenvalue weighted by Gasteiger charge is 2.15. The van der Waals surface area contributed by atoms with E-state index in [9.17, 15) is 14.4 Å². The molecule has 0 aliphatic heterocycles. The summed E-state index contributed by atoms with van der Waals surface area (Å²) in [6.07, 6.45) is -0.0806.